The van der Waals surface area contributed by atoms with Crippen molar-refractivity contribution in [2.24, 2.45) is 5.92 Å². The van der Waals surface area contributed by atoms with Crippen molar-refractivity contribution in [2.45, 2.75) is 39.0 Å². The number of anilines is 1. The van der Waals surface area contributed by atoms with Crippen LogP contribution in [0.5, 0.6) is 0 Å². The van der Waals surface area contributed by atoms with Gasteiger partial charge >= 0.3 is 5.97 Å². The van der Waals surface area contributed by atoms with E-state index in [1.165, 1.54) is 18.9 Å². The topological polar surface area (TPSA) is 66.4 Å². The van der Waals surface area contributed by atoms with Gasteiger partial charge < -0.3 is 10.4 Å². The summed E-state index contributed by atoms with van der Waals surface area (Å²) in [5, 5.41) is 11.8. The first-order valence-corrected chi connectivity index (χ1v) is 6.70. The summed E-state index contributed by atoms with van der Waals surface area (Å²) in [6.45, 7) is 1.74. The van der Waals surface area contributed by atoms with E-state index in [0.29, 0.717) is 23.6 Å². The minimum absolute atomic E-state index is 0.0212. The number of aryl methyl sites for hydroxylation is 1. The van der Waals surface area contributed by atoms with E-state index in [1.54, 1.807) is 19.1 Å². The molecule has 1 fully saturated rings. The number of carboxylic acid groups (broad SMARTS) is 1. The first kappa shape index (κ1) is 13.6. The van der Waals surface area contributed by atoms with E-state index in [1.807, 2.05) is 0 Å². The Morgan fingerprint density at radius 1 is 1.32 bits per heavy atom. The Morgan fingerprint density at radius 3 is 2.63 bits per heavy atom. The number of carboxylic acids is 1. The van der Waals surface area contributed by atoms with Crippen LogP contribution in [0.2, 0.25) is 0 Å². The molecule has 1 aliphatic carbocycles. The maximum absolute atomic E-state index is 11.9. The number of benzene rings is 1. The molecule has 0 unspecified atom stereocenters. The highest BCUT2D eigenvalue weighted by atomic mass is 16.4. The Kier molecular flexibility index (Phi) is 4.20. The van der Waals surface area contributed by atoms with Crippen LogP contribution in [0.1, 0.15) is 48.0 Å². The van der Waals surface area contributed by atoms with Gasteiger partial charge in [0.2, 0.25) is 5.91 Å². The van der Waals surface area contributed by atoms with Crippen LogP contribution in [0.4, 0.5) is 5.69 Å². The summed E-state index contributed by atoms with van der Waals surface area (Å²) in [5.41, 5.74) is 1.49. The molecule has 2 N–H and O–H groups in total. The van der Waals surface area contributed by atoms with Gasteiger partial charge in [-0.15, -0.1) is 0 Å². The minimum Gasteiger partial charge on any atom is -0.478 e. The Morgan fingerprint density at radius 2 is 2.00 bits per heavy atom. The molecule has 4 nitrogen and oxygen atoms in total. The molecule has 0 heterocycles. The van der Waals surface area contributed by atoms with Crippen molar-refractivity contribution in [3.63, 3.8) is 0 Å². The molecule has 1 amide bonds. The van der Waals surface area contributed by atoms with Crippen molar-refractivity contribution in [3.8, 4) is 0 Å². The number of carbonyl (C=O) groups excluding carboxylic acids is 1. The second-order valence-electron chi connectivity index (χ2n) is 5.24. The van der Waals surface area contributed by atoms with Gasteiger partial charge in [-0.2, -0.15) is 0 Å². The quantitative estimate of drug-likeness (QED) is 0.874. The second-order valence-corrected chi connectivity index (χ2v) is 5.24. The van der Waals surface area contributed by atoms with E-state index >= 15 is 0 Å². The summed E-state index contributed by atoms with van der Waals surface area (Å²) in [6.07, 6.45) is 5.22. The zero-order valence-electron chi connectivity index (χ0n) is 11.1. The molecule has 0 atom stereocenters. The fourth-order valence-corrected chi connectivity index (χ4v) is 2.62. The van der Waals surface area contributed by atoms with Crippen LogP contribution in [0.25, 0.3) is 0 Å². The van der Waals surface area contributed by atoms with E-state index in [4.69, 9.17) is 5.11 Å². The molecule has 1 aromatic rings. The molecule has 4 heteroatoms. The molecule has 0 bridgehead atoms. The normalized spacial score (nSPS) is 15.4. The molecule has 0 radical (unpaired) electrons. The summed E-state index contributed by atoms with van der Waals surface area (Å²) in [7, 11) is 0. The predicted octanol–water partition coefficient (Wildman–Crippen LogP) is 3.21. The van der Waals surface area contributed by atoms with Crippen LogP contribution in [-0.4, -0.2) is 17.0 Å². The van der Waals surface area contributed by atoms with Crippen LogP contribution < -0.4 is 5.32 Å². The van der Waals surface area contributed by atoms with Crippen molar-refractivity contribution in [1.82, 2.24) is 0 Å². The van der Waals surface area contributed by atoms with E-state index in [2.05, 4.69) is 5.32 Å². The van der Waals surface area contributed by atoms with Gasteiger partial charge in [0.1, 0.15) is 0 Å². The van der Waals surface area contributed by atoms with Crippen molar-refractivity contribution in [1.29, 1.82) is 0 Å². The van der Waals surface area contributed by atoms with Crippen LogP contribution >= 0.6 is 0 Å². The van der Waals surface area contributed by atoms with E-state index in [0.717, 1.165) is 12.8 Å². The summed E-state index contributed by atoms with van der Waals surface area (Å²) in [5.74, 6) is -0.499. The molecule has 0 spiro atoms. The molecule has 0 aromatic heterocycles. The summed E-state index contributed by atoms with van der Waals surface area (Å²) >= 11 is 0. The largest absolute Gasteiger partial charge is 0.478 e. The van der Waals surface area contributed by atoms with Gasteiger partial charge in [0, 0.05) is 12.1 Å². The van der Waals surface area contributed by atoms with Crippen molar-refractivity contribution in [2.75, 3.05) is 5.32 Å². The van der Waals surface area contributed by atoms with E-state index < -0.39 is 5.97 Å². The molecular weight excluding hydrogens is 242 g/mol. The number of aromatic carboxylic acids is 1. The van der Waals surface area contributed by atoms with E-state index in [-0.39, 0.29) is 11.5 Å². The average Bonchev–Trinajstić information content (AvgIpc) is 2.84. The minimum atomic E-state index is -0.968. The van der Waals surface area contributed by atoms with Crippen LogP contribution in [-0.2, 0) is 4.79 Å². The smallest absolute Gasteiger partial charge is 0.336 e. The lowest BCUT2D eigenvalue weighted by molar-refractivity contribution is -0.117. The molecule has 1 aromatic carbocycles. The van der Waals surface area contributed by atoms with Crippen molar-refractivity contribution >= 4 is 17.6 Å². The lowest BCUT2D eigenvalue weighted by Crippen LogP contribution is -2.15. The Bertz CT molecular complexity index is 490. The van der Waals surface area contributed by atoms with Gasteiger partial charge in [0.05, 0.1) is 5.56 Å². The van der Waals surface area contributed by atoms with Gasteiger partial charge in [-0.3, -0.25) is 4.79 Å². The highest BCUT2D eigenvalue weighted by molar-refractivity contribution is 5.94. The SMILES string of the molecule is Cc1ccc(NC(=O)CC2CCCC2)cc1C(=O)O. The highest BCUT2D eigenvalue weighted by Gasteiger charge is 2.18. The molecule has 1 aliphatic rings. The van der Waals surface area contributed by atoms with Crippen molar-refractivity contribution < 1.29 is 14.7 Å². The van der Waals surface area contributed by atoms with Gasteiger partial charge in [-0.05, 0) is 43.4 Å². The van der Waals surface area contributed by atoms with Crippen LogP contribution in [0.3, 0.4) is 0 Å². The third kappa shape index (κ3) is 3.56. The number of nitrogens with one attached hydrogen (secondary N) is 1. The molecule has 19 heavy (non-hydrogen) atoms. The van der Waals surface area contributed by atoms with Gasteiger partial charge in [0.25, 0.3) is 0 Å². The zero-order valence-corrected chi connectivity index (χ0v) is 11.1. The van der Waals surface area contributed by atoms with Crippen LogP contribution in [0.15, 0.2) is 18.2 Å². The number of hydrogen-bond donors (Lipinski definition) is 2. The standard InChI is InChI=1S/C15H19NO3/c1-10-6-7-12(9-13(10)15(18)19)16-14(17)8-11-4-2-3-5-11/h6-7,9,11H,2-5,8H2,1H3,(H,16,17)(H,18,19). The van der Waals surface area contributed by atoms with Crippen molar-refractivity contribution in [3.05, 3.63) is 29.3 Å². The van der Waals surface area contributed by atoms with Gasteiger partial charge in [-0.1, -0.05) is 18.9 Å². The molecular formula is C15H19NO3. The monoisotopic (exact) mass is 261 g/mol. The number of hydrogen-bond acceptors (Lipinski definition) is 2. The Labute approximate surface area is 112 Å². The first-order valence-electron chi connectivity index (χ1n) is 6.70. The fourth-order valence-electron chi connectivity index (χ4n) is 2.62. The highest BCUT2D eigenvalue weighted by Crippen LogP contribution is 2.27. The maximum atomic E-state index is 11.9. The lowest BCUT2D eigenvalue weighted by Gasteiger charge is -2.10. The summed E-state index contributed by atoms with van der Waals surface area (Å²) in [6, 6.07) is 4.98. The van der Waals surface area contributed by atoms with Gasteiger partial charge in [0.15, 0.2) is 0 Å². The zero-order chi connectivity index (χ0) is 13.8. The Hall–Kier alpha value is -1.84. The molecule has 0 aliphatic heterocycles. The lowest BCUT2D eigenvalue weighted by atomic mass is 10.0. The second kappa shape index (κ2) is 5.87. The first-order chi connectivity index (χ1) is 9.06. The molecule has 102 valence electrons. The van der Waals surface area contributed by atoms with Crippen LogP contribution in [0, 0.1) is 12.8 Å². The third-order valence-electron chi connectivity index (χ3n) is 3.70. The molecule has 1 saturated carbocycles. The maximum Gasteiger partial charge on any atom is 0.336 e. The molecule has 2 rings (SSSR count). The number of carbonyl (C=O) groups is 2. The van der Waals surface area contributed by atoms with Gasteiger partial charge in [-0.25, -0.2) is 4.79 Å². The summed E-state index contributed by atoms with van der Waals surface area (Å²) in [4.78, 5) is 22.9. The fraction of sp³-hybridized carbons (Fsp3) is 0.467. The third-order valence-corrected chi connectivity index (χ3v) is 3.70. The number of rotatable bonds is 4. The predicted molar refractivity (Wildman–Crippen MR) is 73.3 cm³/mol. The molecule has 0 saturated heterocycles. The van der Waals surface area contributed by atoms with E-state index in [9.17, 15) is 9.59 Å². The average molecular weight is 261 g/mol. The summed E-state index contributed by atoms with van der Waals surface area (Å²) < 4.78 is 0. The Balaban J connectivity index is 2.00. The number of amides is 1.